The predicted octanol–water partition coefficient (Wildman–Crippen LogP) is 3.89. The van der Waals surface area contributed by atoms with Crippen LogP contribution in [-0.2, 0) is 21.2 Å². The number of anilines is 3. The highest BCUT2D eigenvalue weighted by Gasteiger charge is 2.34. The molecule has 1 N–H and O–H groups in total. The minimum absolute atomic E-state index is 0.0666. The average molecular weight is 487 g/mol. The number of nitrogens with zero attached hydrogens (tertiary/aromatic N) is 3. The van der Waals surface area contributed by atoms with E-state index in [9.17, 15) is 17.6 Å². The third-order valence-electron chi connectivity index (χ3n) is 6.13. The molecule has 0 saturated carbocycles. The van der Waals surface area contributed by atoms with Gasteiger partial charge in [-0.15, -0.1) is 11.3 Å². The maximum absolute atomic E-state index is 13.6. The van der Waals surface area contributed by atoms with Crippen LogP contribution in [0, 0.1) is 11.7 Å². The highest BCUT2D eigenvalue weighted by atomic mass is 32.2. The van der Waals surface area contributed by atoms with Crippen molar-refractivity contribution in [2.75, 3.05) is 34.2 Å². The molecule has 0 spiro atoms. The van der Waals surface area contributed by atoms with Gasteiger partial charge in [0.25, 0.3) is 10.0 Å². The third kappa shape index (κ3) is 4.45. The number of halogens is 1. The quantitative estimate of drug-likeness (QED) is 0.592. The van der Waals surface area contributed by atoms with Gasteiger partial charge < -0.3 is 9.80 Å². The number of thiazole rings is 1. The Labute approximate surface area is 195 Å². The van der Waals surface area contributed by atoms with Crippen molar-refractivity contribution in [2.45, 2.75) is 24.2 Å². The van der Waals surface area contributed by atoms with Gasteiger partial charge in [-0.05, 0) is 67.3 Å². The number of carbonyl (C=O) groups excluding carboxylic acids is 1. The second-order valence-corrected chi connectivity index (χ2v) is 10.8. The fourth-order valence-electron chi connectivity index (χ4n) is 4.50. The number of aryl methyl sites for hydroxylation is 1. The molecule has 1 unspecified atom stereocenters. The molecule has 10 heteroatoms. The Morgan fingerprint density at radius 2 is 1.97 bits per heavy atom. The van der Waals surface area contributed by atoms with Gasteiger partial charge in [-0.3, -0.25) is 9.52 Å². The van der Waals surface area contributed by atoms with E-state index in [0.29, 0.717) is 24.8 Å². The zero-order chi connectivity index (χ0) is 23.0. The summed E-state index contributed by atoms with van der Waals surface area (Å²) in [5, 5.41) is 2.02. The highest BCUT2D eigenvalue weighted by Crippen LogP contribution is 2.32. The number of sulfonamides is 1. The summed E-state index contributed by atoms with van der Waals surface area (Å²) in [6, 6.07) is 11.3. The summed E-state index contributed by atoms with van der Waals surface area (Å²) >= 11 is 1.21. The lowest BCUT2D eigenvalue weighted by molar-refractivity contribution is -0.121. The Kier molecular flexibility index (Phi) is 5.79. The lowest BCUT2D eigenvalue weighted by Gasteiger charge is -2.31. The first-order valence-corrected chi connectivity index (χ1v) is 13.1. The molecule has 1 atom stereocenters. The zero-order valence-corrected chi connectivity index (χ0v) is 19.4. The van der Waals surface area contributed by atoms with Crippen LogP contribution in [0.5, 0.6) is 0 Å². The van der Waals surface area contributed by atoms with Crippen molar-refractivity contribution in [3.63, 3.8) is 0 Å². The maximum atomic E-state index is 13.6. The second kappa shape index (κ2) is 8.75. The fourth-order valence-corrected chi connectivity index (χ4v) is 6.28. The Hall–Kier alpha value is -2.98. The minimum atomic E-state index is -3.70. The summed E-state index contributed by atoms with van der Waals surface area (Å²) in [4.78, 5) is 21.3. The highest BCUT2D eigenvalue weighted by molar-refractivity contribution is 7.93. The Morgan fingerprint density at radius 1 is 1.15 bits per heavy atom. The molecule has 0 bridgehead atoms. The molecule has 1 saturated heterocycles. The number of benzene rings is 2. The van der Waals surface area contributed by atoms with Gasteiger partial charge in [-0.1, -0.05) is 0 Å². The van der Waals surface area contributed by atoms with E-state index in [2.05, 4.69) is 14.6 Å². The molecule has 2 aliphatic heterocycles. The van der Waals surface area contributed by atoms with Crippen LogP contribution in [0.2, 0.25) is 0 Å². The van der Waals surface area contributed by atoms with E-state index in [1.165, 1.54) is 29.7 Å². The standard InChI is InChI=1S/C23H23FN4O3S2/c24-18-3-8-21-16(14-18)2-1-11-28(21)22(29)17-9-12-27(15-17)19-4-6-20(7-5-19)33(30,31)26-23-25-10-13-32-23/h3-8,10,13-14,17H,1-2,9,11-12,15H2,(H,25,26). The molecule has 2 aliphatic rings. The normalized spacial score (nSPS) is 18.3. The van der Waals surface area contributed by atoms with Gasteiger partial charge in [0.1, 0.15) is 5.82 Å². The van der Waals surface area contributed by atoms with Crippen molar-refractivity contribution in [3.8, 4) is 0 Å². The van der Waals surface area contributed by atoms with Crippen LogP contribution in [0.25, 0.3) is 0 Å². The van der Waals surface area contributed by atoms with Gasteiger partial charge in [-0.2, -0.15) is 0 Å². The van der Waals surface area contributed by atoms with Gasteiger partial charge in [-0.25, -0.2) is 17.8 Å². The topological polar surface area (TPSA) is 82.6 Å². The maximum Gasteiger partial charge on any atom is 0.263 e. The van der Waals surface area contributed by atoms with E-state index in [4.69, 9.17) is 0 Å². The Bertz CT molecular complexity index is 1260. The number of amides is 1. The van der Waals surface area contributed by atoms with Crippen molar-refractivity contribution < 1.29 is 17.6 Å². The third-order valence-corrected chi connectivity index (χ3v) is 8.30. The molecule has 33 heavy (non-hydrogen) atoms. The molecule has 7 nitrogen and oxygen atoms in total. The summed E-state index contributed by atoms with van der Waals surface area (Å²) in [5.74, 6) is -0.365. The van der Waals surface area contributed by atoms with Crippen LogP contribution in [0.4, 0.5) is 20.9 Å². The van der Waals surface area contributed by atoms with Crippen LogP contribution in [-0.4, -0.2) is 38.9 Å². The summed E-state index contributed by atoms with van der Waals surface area (Å²) in [5.41, 5.74) is 2.57. The number of hydrogen-bond acceptors (Lipinski definition) is 6. The molecule has 0 radical (unpaired) electrons. The van der Waals surface area contributed by atoms with Crippen LogP contribution in [0.15, 0.2) is 58.9 Å². The molecule has 2 aromatic carbocycles. The van der Waals surface area contributed by atoms with Gasteiger partial charge in [0.2, 0.25) is 5.91 Å². The number of hydrogen-bond donors (Lipinski definition) is 1. The molecule has 3 aromatic rings. The summed E-state index contributed by atoms with van der Waals surface area (Å²) in [6.45, 7) is 1.92. The SMILES string of the molecule is O=C(C1CCN(c2ccc(S(=O)(=O)Nc3nccs3)cc2)C1)N1CCCc2cc(F)ccc21. The van der Waals surface area contributed by atoms with Crippen molar-refractivity contribution in [3.05, 3.63) is 65.4 Å². The number of nitrogens with one attached hydrogen (secondary N) is 1. The van der Waals surface area contributed by atoms with Gasteiger partial charge in [0, 0.05) is 42.6 Å². The Morgan fingerprint density at radius 3 is 2.73 bits per heavy atom. The van der Waals surface area contributed by atoms with Crippen LogP contribution in [0.1, 0.15) is 18.4 Å². The van der Waals surface area contributed by atoms with Gasteiger partial charge in [0.05, 0.1) is 10.8 Å². The predicted molar refractivity (Wildman–Crippen MR) is 127 cm³/mol. The second-order valence-electron chi connectivity index (χ2n) is 8.23. The largest absolute Gasteiger partial charge is 0.371 e. The van der Waals surface area contributed by atoms with Crippen LogP contribution < -0.4 is 14.5 Å². The summed E-state index contributed by atoms with van der Waals surface area (Å²) < 4.78 is 41.1. The van der Waals surface area contributed by atoms with Crippen molar-refractivity contribution >= 4 is 43.8 Å². The molecular weight excluding hydrogens is 463 g/mol. The monoisotopic (exact) mass is 486 g/mol. The number of carbonyl (C=O) groups is 1. The van der Waals surface area contributed by atoms with Crippen molar-refractivity contribution in [1.29, 1.82) is 0 Å². The molecule has 172 valence electrons. The van der Waals surface area contributed by atoms with Crippen LogP contribution in [0.3, 0.4) is 0 Å². The lowest BCUT2D eigenvalue weighted by atomic mass is 9.99. The van der Waals surface area contributed by atoms with Gasteiger partial charge >= 0.3 is 0 Å². The zero-order valence-electron chi connectivity index (χ0n) is 17.8. The molecule has 1 fully saturated rings. The molecular formula is C23H23FN4O3S2. The van der Waals surface area contributed by atoms with Crippen molar-refractivity contribution in [1.82, 2.24) is 4.98 Å². The van der Waals surface area contributed by atoms with Gasteiger partial charge in [0.15, 0.2) is 5.13 Å². The van der Waals surface area contributed by atoms with Crippen LogP contribution >= 0.6 is 11.3 Å². The molecule has 1 aromatic heterocycles. The first-order chi connectivity index (χ1) is 15.9. The smallest absolute Gasteiger partial charge is 0.263 e. The number of aromatic nitrogens is 1. The Balaban J connectivity index is 1.27. The fraction of sp³-hybridized carbons (Fsp3) is 0.304. The van der Waals surface area contributed by atoms with E-state index in [-0.39, 0.29) is 22.5 Å². The van der Waals surface area contributed by atoms with E-state index in [0.717, 1.165) is 36.2 Å². The van der Waals surface area contributed by atoms with E-state index >= 15 is 0 Å². The number of rotatable bonds is 5. The summed E-state index contributed by atoms with van der Waals surface area (Å²) in [7, 11) is -3.70. The number of fused-ring (bicyclic) bond motifs is 1. The van der Waals surface area contributed by atoms with Crippen molar-refractivity contribution in [2.24, 2.45) is 5.92 Å². The van der Waals surface area contributed by atoms with E-state index < -0.39 is 10.0 Å². The first kappa shape index (κ1) is 21.8. The van der Waals surface area contributed by atoms with E-state index in [1.54, 1.807) is 40.6 Å². The molecule has 3 heterocycles. The van der Waals surface area contributed by atoms with E-state index in [1.807, 2.05) is 0 Å². The lowest BCUT2D eigenvalue weighted by Crippen LogP contribution is -2.40. The molecule has 0 aliphatic carbocycles. The summed E-state index contributed by atoms with van der Waals surface area (Å²) in [6.07, 6.45) is 3.86. The minimum Gasteiger partial charge on any atom is -0.371 e. The average Bonchev–Trinajstić information content (AvgIpc) is 3.50. The molecule has 1 amide bonds. The first-order valence-electron chi connectivity index (χ1n) is 10.8. The molecule has 5 rings (SSSR count).